The average molecular weight is 326 g/mol. The average Bonchev–Trinajstić information content (AvgIpc) is 2.59. The molecule has 0 bridgehead atoms. The summed E-state index contributed by atoms with van der Waals surface area (Å²) in [6.07, 6.45) is 7.99. The van der Waals surface area contributed by atoms with Gasteiger partial charge in [-0.2, -0.15) is 0 Å². The highest BCUT2D eigenvalue weighted by atomic mass is 19.1. The van der Waals surface area contributed by atoms with Crippen LogP contribution in [0.2, 0.25) is 0 Å². The van der Waals surface area contributed by atoms with Gasteiger partial charge in [0.15, 0.2) is 0 Å². The molecule has 1 aliphatic rings. The molecule has 0 aromatic heterocycles. The Morgan fingerprint density at radius 3 is 2.29 bits per heavy atom. The van der Waals surface area contributed by atoms with Gasteiger partial charge in [0.05, 0.1) is 0 Å². The van der Waals surface area contributed by atoms with Gasteiger partial charge in [-0.25, -0.2) is 4.39 Å². The van der Waals surface area contributed by atoms with Crippen LogP contribution in [0, 0.1) is 24.6 Å². The molecule has 0 unspecified atom stereocenters. The second kappa shape index (κ2) is 7.83. The van der Waals surface area contributed by atoms with Gasteiger partial charge in [0.1, 0.15) is 17.3 Å². The Labute approximate surface area is 144 Å². The highest BCUT2D eigenvalue weighted by Crippen LogP contribution is 2.31. The quantitative estimate of drug-likeness (QED) is 0.595. The van der Waals surface area contributed by atoms with E-state index >= 15 is 0 Å². The molecular formula is C22H27FO. The van der Waals surface area contributed by atoms with Gasteiger partial charge in [0.25, 0.3) is 0 Å². The Hall–Kier alpha value is -1.83. The molecule has 3 rings (SSSR count). The topological polar surface area (TPSA) is 9.23 Å². The van der Waals surface area contributed by atoms with Gasteiger partial charge in [0.2, 0.25) is 0 Å². The van der Waals surface area contributed by atoms with Gasteiger partial charge in [-0.1, -0.05) is 50.8 Å². The molecule has 0 saturated heterocycles. The molecule has 2 aromatic rings. The van der Waals surface area contributed by atoms with Crippen molar-refractivity contribution in [1.29, 1.82) is 0 Å². The van der Waals surface area contributed by atoms with Gasteiger partial charge in [-0.05, 0) is 60.9 Å². The van der Waals surface area contributed by atoms with Gasteiger partial charge in [-0.15, -0.1) is 0 Å². The monoisotopic (exact) mass is 326 g/mol. The molecule has 0 aliphatic heterocycles. The van der Waals surface area contributed by atoms with Crippen LogP contribution in [-0.4, -0.2) is 0 Å². The van der Waals surface area contributed by atoms with Crippen LogP contribution in [0.1, 0.15) is 50.2 Å². The highest BCUT2D eigenvalue weighted by Gasteiger charge is 2.17. The molecule has 2 aromatic carbocycles. The minimum atomic E-state index is -0.231. The number of benzene rings is 2. The molecule has 1 fully saturated rings. The summed E-state index contributed by atoms with van der Waals surface area (Å²) in [5, 5.41) is 0. The van der Waals surface area contributed by atoms with Gasteiger partial charge < -0.3 is 4.74 Å². The number of rotatable bonds is 5. The lowest BCUT2D eigenvalue weighted by Crippen LogP contribution is -2.12. The van der Waals surface area contributed by atoms with E-state index in [-0.39, 0.29) is 5.82 Å². The second-order valence-electron chi connectivity index (χ2n) is 7.32. The Morgan fingerprint density at radius 2 is 1.62 bits per heavy atom. The molecule has 1 saturated carbocycles. The van der Waals surface area contributed by atoms with Crippen molar-refractivity contribution >= 4 is 0 Å². The van der Waals surface area contributed by atoms with Gasteiger partial charge >= 0.3 is 0 Å². The standard InChI is InChI=1S/C22H27FO/c1-16-3-6-18(7-4-16)8-9-19-10-13-20(14-11-19)24-21-12-5-17(2)22(23)15-21/h5,10-16,18H,3-4,6-9H2,1-2H3. The Balaban J connectivity index is 1.52. The van der Waals surface area contributed by atoms with Crippen molar-refractivity contribution < 1.29 is 9.13 Å². The van der Waals surface area contributed by atoms with E-state index in [4.69, 9.17) is 4.74 Å². The minimum Gasteiger partial charge on any atom is -0.457 e. The van der Waals surface area contributed by atoms with Crippen LogP contribution in [0.4, 0.5) is 4.39 Å². The first-order valence-electron chi connectivity index (χ1n) is 9.13. The molecule has 0 heterocycles. The number of ether oxygens (including phenoxy) is 1. The van der Waals surface area contributed by atoms with Crippen molar-refractivity contribution in [2.45, 2.75) is 52.4 Å². The van der Waals surface area contributed by atoms with E-state index in [1.807, 2.05) is 12.1 Å². The van der Waals surface area contributed by atoms with Crippen LogP contribution in [0.15, 0.2) is 42.5 Å². The van der Waals surface area contributed by atoms with Crippen molar-refractivity contribution in [3.8, 4) is 11.5 Å². The predicted octanol–water partition coefficient (Wildman–Crippen LogP) is 6.69. The van der Waals surface area contributed by atoms with E-state index < -0.39 is 0 Å². The molecule has 0 amide bonds. The van der Waals surface area contributed by atoms with Crippen LogP contribution in [0.3, 0.4) is 0 Å². The fourth-order valence-electron chi connectivity index (χ4n) is 3.49. The molecule has 0 atom stereocenters. The van der Waals surface area contributed by atoms with Crippen LogP contribution in [-0.2, 0) is 6.42 Å². The van der Waals surface area contributed by atoms with E-state index in [0.717, 1.165) is 24.0 Å². The van der Waals surface area contributed by atoms with E-state index in [1.165, 1.54) is 43.7 Å². The van der Waals surface area contributed by atoms with Crippen LogP contribution in [0.5, 0.6) is 11.5 Å². The smallest absolute Gasteiger partial charge is 0.130 e. The summed E-state index contributed by atoms with van der Waals surface area (Å²) >= 11 is 0. The summed E-state index contributed by atoms with van der Waals surface area (Å²) < 4.78 is 19.3. The largest absolute Gasteiger partial charge is 0.457 e. The summed E-state index contributed by atoms with van der Waals surface area (Å²) in [6.45, 7) is 4.12. The van der Waals surface area contributed by atoms with Gasteiger partial charge in [0, 0.05) is 6.07 Å². The lowest BCUT2D eigenvalue weighted by molar-refractivity contribution is 0.278. The zero-order valence-electron chi connectivity index (χ0n) is 14.7. The molecule has 1 aliphatic carbocycles. The highest BCUT2D eigenvalue weighted by molar-refractivity contribution is 5.35. The number of hydrogen-bond donors (Lipinski definition) is 0. The SMILES string of the molecule is Cc1ccc(Oc2ccc(CCC3CCC(C)CC3)cc2)cc1F. The van der Waals surface area contributed by atoms with E-state index in [0.29, 0.717) is 11.3 Å². The molecule has 0 spiro atoms. The summed E-state index contributed by atoms with van der Waals surface area (Å²) in [7, 11) is 0. The van der Waals surface area contributed by atoms with Crippen LogP contribution in [0.25, 0.3) is 0 Å². The third kappa shape index (κ3) is 4.59. The van der Waals surface area contributed by atoms with Crippen molar-refractivity contribution in [1.82, 2.24) is 0 Å². The molecular weight excluding hydrogens is 299 g/mol. The second-order valence-corrected chi connectivity index (χ2v) is 7.32. The van der Waals surface area contributed by atoms with Gasteiger partial charge in [-0.3, -0.25) is 0 Å². The Kier molecular flexibility index (Phi) is 5.55. The summed E-state index contributed by atoms with van der Waals surface area (Å²) in [5.41, 5.74) is 1.99. The van der Waals surface area contributed by atoms with E-state index in [1.54, 1.807) is 19.1 Å². The first-order valence-corrected chi connectivity index (χ1v) is 9.13. The normalized spacial score (nSPS) is 20.8. The maximum Gasteiger partial charge on any atom is 0.130 e. The molecule has 0 N–H and O–H groups in total. The van der Waals surface area contributed by atoms with Crippen molar-refractivity contribution in [3.05, 3.63) is 59.4 Å². The van der Waals surface area contributed by atoms with E-state index in [2.05, 4.69) is 19.1 Å². The summed E-state index contributed by atoms with van der Waals surface area (Å²) in [6, 6.07) is 13.2. The number of hydrogen-bond acceptors (Lipinski definition) is 1. The van der Waals surface area contributed by atoms with Crippen molar-refractivity contribution in [2.75, 3.05) is 0 Å². The molecule has 24 heavy (non-hydrogen) atoms. The lowest BCUT2D eigenvalue weighted by atomic mass is 9.80. The van der Waals surface area contributed by atoms with Crippen molar-refractivity contribution in [3.63, 3.8) is 0 Å². The number of halogens is 1. The third-order valence-corrected chi connectivity index (χ3v) is 5.28. The van der Waals surface area contributed by atoms with Crippen LogP contribution < -0.4 is 4.74 Å². The zero-order chi connectivity index (χ0) is 16.9. The summed E-state index contributed by atoms with van der Waals surface area (Å²) in [4.78, 5) is 0. The molecule has 1 nitrogen and oxygen atoms in total. The maximum absolute atomic E-state index is 13.6. The molecule has 0 radical (unpaired) electrons. The zero-order valence-corrected chi connectivity index (χ0v) is 14.7. The van der Waals surface area contributed by atoms with Crippen molar-refractivity contribution in [2.24, 2.45) is 11.8 Å². The minimum absolute atomic E-state index is 0.231. The van der Waals surface area contributed by atoms with Crippen LogP contribution >= 0.6 is 0 Å². The molecule has 128 valence electrons. The predicted molar refractivity (Wildman–Crippen MR) is 97.1 cm³/mol. The Morgan fingerprint density at radius 1 is 0.958 bits per heavy atom. The fraction of sp³-hybridized carbons (Fsp3) is 0.455. The third-order valence-electron chi connectivity index (χ3n) is 5.28. The molecule has 2 heteroatoms. The first-order chi connectivity index (χ1) is 11.6. The Bertz CT molecular complexity index is 654. The lowest BCUT2D eigenvalue weighted by Gasteiger charge is -2.26. The fourth-order valence-corrected chi connectivity index (χ4v) is 3.49. The first kappa shape index (κ1) is 17.0. The number of aryl methyl sites for hydroxylation is 2. The summed E-state index contributed by atoms with van der Waals surface area (Å²) in [5.74, 6) is 2.89. The van der Waals surface area contributed by atoms with E-state index in [9.17, 15) is 4.39 Å². The maximum atomic E-state index is 13.6.